The Morgan fingerprint density at radius 2 is 1.89 bits per heavy atom. The van der Waals surface area contributed by atoms with E-state index in [0.717, 1.165) is 19.3 Å². The molecule has 0 aromatic carbocycles. The summed E-state index contributed by atoms with van der Waals surface area (Å²) in [6, 6.07) is 0.0738. The maximum Gasteiger partial charge on any atom is 0.220 e. The summed E-state index contributed by atoms with van der Waals surface area (Å²) < 4.78 is 0. The predicted molar refractivity (Wildman–Crippen MR) is 77.8 cm³/mol. The first-order valence-electron chi connectivity index (χ1n) is 6.58. The molecule has 0 aromatic heterocycles. The van der Waals surface area contributed by atoms with Crippen molar-refractivity contribution in [1.82, 2.24) is 5.32 Å². The number of carbonyl (C=O) groups is 1. The lowest BCUT2D eigenvalue weighted by molar-refractivity contribution is -0.121. The molecular formula is C13H29ClN2O2. The number of nitrogens with one attached hydrogen (secondary N) is 1. The number of aliphatic hydroxyl groups excluding tert-OH is 1. The van der Waals surface area contributed by atoms with Crippen LogP contribution in [0, 0.1) is 11.8 Å². The summed E-state index contributed by atoms with van der Waals surface area (Å²) in [7, 11) is 0. The van der Waals surface area contributed by atoms with Crippen LogP contribution in [0.5, 0.6) is 0 Å². The smallest absolute Gasteiger partial charge is 0.220 e. The molecule has 4 N–H and O–H groups in total. The Morgan fingerprint density at radius 1 is 1.28 bits per heavy atom. The highest BCUT2D eigenvalue weighted by Crippen LogP contribution is 2.14. The summed E-state index contributed by atoms with van der Waals surface area (Å²) in [4.78, 5) is 11.5. The van der Waals surface area contributed by atoms with E-state index >= 15 is 0 Å². The van der Waals surface area contributed by atoms with E-state index in [1.165, 1.54) is 0 Å². The molecule has 4 nitrogen and oxygen atoms in total. The molecule has 0 bridgehead atoms. The third-order valence-corrected chi connectivity index (χ3v) is 2.76. The first kappa shape index (κ1) is 20.0. The van der Waals surface area contributed by atoms with Crippen molar-refractivity contribution < 1.29 is 9.90 Å². The van der Waals surface area contributed by atoms with Crippen LogP contribution in [-0.4, -0.2) is 30.2 Å². The van der Waals surface area contributed by atoms with Crippen molar-refractivity contribution in [3.05, 3.63) is 0 Å². The van der Waals surface area contributed by atoms with Gasteiger partial charge in [-0.1, -0.05) is 13.8 Å². The lowest BCUT2D eigenvalue weighted by Gasteiger charge is -2.18. The summed E-state index contributed by atoms with van der Waals surface area (Å²) in [5, 5.41) is 11.9. The van der Waals surface area contributed by atoms with E-state index in [4.69, 9.17) is 10.8 Å². The monoisotopic (exact) mass is 280 g/mol. The summed E-state index contributed by atoms with van der Waals surface area (Å²) >= 11 is 0. The molecule has 0 spiro atoms. The van der Waals surface area contributed by atoms with Crippen LogP contribution in [0.1, 0.15) is 46.5 Å². The molecule has 1 amide bonds. The third-order valence-electron chi connectivity index (χ3n) is 2.76. The van der Waals surface area contributed by atoms with Crippen LogP contribution in [0.4, 0.5) is 0 Å². The van der Waals surface area contributed by atoms with Crippen LogP contribution in [-0.2, 0) is 4.79 Å². The van der Waals surface area contributed by atoms with Gasteiger partial charge in [-0.2, -0.15) is 0 Å². The highest BCUT2D eigenvalue weighted by atomic mass is 35.5. The van der Waals surface area contributed by atoms with Crippen molar-refractivity contribution >= 4 is 18.3 Å². The van der Waals surface area contributed by atoms with Gasteiger partial charge in [0.15, 0.2) is 0 Å². The average molecular weight is 281 g/mol. The number of halogens is 1. The molecule has 0 fully saturated rings. The van der Waals surface area contributed by atoms with Gasteiger partial charge < -0.3 is 16.2 Å². The Hall–Kier alpha value is -0.320. The van der Waals surface area contributed by atoms with Crippen molar-refractivity contribution in [2.45, 2.75) is 52.5 Å². The van der Waals surface area contributed by atoms with Gasteiger partial charge in [0.1, 0.15) is 0 Å². The maximum atomic E-state index is 11.5. The second-order valence-electron chi connectivity index (χ2n) is 5.33. The van der Waals surface area contributed by atoms with E-state index in [-0.39, 0.29) is 31.0 Å². The number of rotatable bonds is 9. The molecular weight excluding hydrogens is 252 g/mol. The first-order chi connectivity index (χ1) is 7.95. The van der Waals surface area contributed by atoms with Crippen molar-refractivity contribution in [2.24, 2.45) is 17.6 Å². The summed E-state index contributed by atoms with van der Waals surface area (Å²) in [6.07, 6.45) is 3.01. The fraction of sp³-hybridized carbons (Fsp3) is 0.923. The van der Waals surface area contributed by atoms with Crippen LogP contribution in [0.25, 0.3) is 0 Å². The number of carbonyl (C=O) groups excluding carboxylic acids is 1. The molecule has 0 aromatic rings. The summed E-state index contributed by atoms with van der Waals surface area (Å²) in [5.41, 5.74) is 5.60. The van der Waals surface area contributed by atoms with Crippen molar-refractivity contribution in [1.29, 1.82) is 0 Å². The Bertz CT molecular complexity index is 211. The van der Waals surface area contributed by atoms with Gasteiger partial charge in [-0.25, -0.2) is 0 Å². The van der Waals surface area contributed by atoms with Gasteiger partial charge in [-0.3, -0.25) is 4.79 Å². The summed E-state index contributed by atoms with van der Waals surface area (Å²) in [5.74, 6) is 1.03. The molecule has 2 atom stereocenters. The zero-order valence-corrected chi connectivity index (χ0v) is 12.6. The van der Waals surface area contributed by atoms with Gasteiger partial charge >= 0.3 is 0 Å². The Morgan fingerprint density at radius 3 is 2.33 bits per heavy atom. The van der Waals surface area contributed by atoms with Gasteiger partial charge in [0, 0.05) is 25.6 Å². The Balaban J connectivity index is 0. The fourth-order valence-electron chi connectivity index (χ4n) is 1.86. The molecule has 0 aliphatic heterocycles. The molecule has 0 saturated heterocycles. The number of hydrogen-bond donors (Lipinski definition) is 3. The average Bonchev–Trinajstić information content (AvgIpc) is 2.22. The lowest BCUT2D eigenvalue weighted by Crippen LogP contribution is -2.31. The van der Waals surface area contributed by atoms with Gasteiger partial charge in [0.2, 0.25) is 5.91 Å². The number of amides is 1. The highest BCUT2D eigenvalue weighted by Gasteiger charge is 2.12. The van der Waals surface area contributed by atoms with E-state index in [1.807, 2.05) is 6.92 Å². The SMILES string of the molecule is CC(C)CC(CCO)CNC(=O)CCC(C)N.Cl. The van der Waals surface area contributed by atoms with Crippen LogP contribution >= 0.6 is 12.4 Å². The molecule has 5 heteroatoms. The zero-order valence-electron chi connectivity index (χ0n) is 11.8. The highest BCUT2D eigenvalue weighted by molar-refractivity contribution is 5.85. The van der Waals surface area contributed by atoms with E-state index < -0.39 is 0 Å². The molecule has 0 heterocycles. The minimum atomic E-state index is 0. The number of aliphatic hydroxyl groups is 1. The van der Waals surface area contributed by atoms with Crippen LogP contribution in [0.2, 0.25) is 0 Å². The van der Waals surface area contributed by atoms with Crippen molar-refractivity contribution in [3.8, 4) is 0 Å². The van der Waals surface area contributed by atoms with E-state index in [2.05, 4.69) is 19.2 Å². The number of hydrogen-bond acceptors (Lipinski definition) is 3. The molecule has 0 aliphatic rings. The van der Waals surface area contributed by atoms with E-state index in [1.54, 1.807) is 0 Å². The minimum Gasteiger partial charge on any atom is -0.396 e. The van der Waals surface area contributed by atoms with Gasteiger partial charge in [0.05, 0.1) is 0 Å². The van der Waals surface area contributed by atoms with E-state index in [9.17, 15) is 4.79 Å². The van der Waals surface area contributed by atoms with Crippen molar-refractivity contribution in [2.75, 3.05) is 13.2 Å². The molecule has 110 valence electrons. The van der Waals surface area contributed by atoms with Crippen LogP contribution in [0.3, 0.4) is 0 Å². The predicted octanol–water partition coefficient (Wildman–Crippen LogP) is 1.70. The normalized spacial score (nSPS) is 13.9. The van der Waals surface area contributed by atoms with Gasteiger partial charge in [-0.15, -0.1) is 12.4 Å². The topological polar surface area (TPSA) is 75.3 Å². The van der Waals surface area contributed by atoms with Crippen LogP contribution in [0.15, 0.2) is 0 Å². The van der Waals surface area contributed by atoms with Gasteiger partial charge in [0.25, 0.3) is 0 Å². The third kappa shape index (κ3) is 12.1. The second-order valence-corrected chi connectivity index (χ2v) is 5.33. The zero-order chi connectivity index (χ0) is 13.3. The summed E-state index contributed by atoms with van der Waals surface area (Å²) in [6.45, 7) is 7.06. The van der Waals surface area contributed by atoms with Crippen molar-refractivity contribution in [3.63, 3.8) is 0 Å². The first-order valence-corrected chi connectivity index (χ1v) is 6.58. The largest absolute Gasteiger partial charge is 0.396 e. The molecule has 0 radical (unpaired) electrons. The van der Waals surface area contributed by atoms with E-state index in [0.29, 0.717) is 24.8 Å². The Labute approximate surface area is 117 Å². The fourth-order valence-corrected chi connectivity index (χ4v) is 1.86. The second kappa shape index (κ2) is 11.8. The molecule has 2 unspecified atom stereocenters. The number of nitrogens with two attached hydrogens (primary N) is 1. The Kier molecular flexibility index (Phi) is 13.1. The standard InChI is InChI=1S/C13H28N2O2.ClH/c1-10(2)8-12(6-7-16)9-15-13(17)5-4-11(3)14;/h10-12,16H,4-9,14H2,1-3H3,(H,15,17);1H. The maximum absolute atomic E-state index is 11.5. The lowest BCUT2D eigenvalue weighted by atomic mass is 9.94. The molecule has 0 rings (SSSR count). The van der Waals surface area contributed by atoms with Crippen LogP contribution < -0.4 is 11.1 Å². The molecule has 0 saturated carbocycles. The van der Waals surface area contributed by atoms with Gasteiger partial charge in [-0.05, 0) is 38.0 Å². The quantitative estimate of drug-likeness (QED) is 0.602. The molecule has 18 heavy (non-hydrogen) atoms. The molecule has 0 aliphatic carbocycles. The minimum absolute atomic E-state index is 0.